The summed E-state index contributed by atoms with van der Waals surface area (Å²) in [4.78, 5) is 7.56. The second-order valence-electron chi connectivity index (χ2n) is 3.75. The van der Waals surface area contributed by atoms with Gasteiger partial charge in [-0.25, -0.2) is 4.98 Å². The first kappa shape index (κ1) is 9.52. The number of hydrogen-bond acceptors (Lipinski definition) is 3. The highest BCUT2D eigenvalue weighted by molar-refractivity contribution is 5.07. The van der Waals surface area contributed by atoms with E-state index in [1.807, 2.05) is 0 Å². The Morgan fingerprint density at radius 3 is 2.79 bits per heavy atom. The van der Waals surface area contributed by atoms with Gasteiger partial charge in [0.1, 0.15) is 0 Å². The van der Waals surface area contributed by atoms with E-state index >= 15 is 0 Å². The van der Waals surface area contributed by atoms with Crippen molar-refractivity contribution in [2.45, 2.75) is 37.7 Å². The molecule has 1 aromatic heterocycles. The molecule has 14 heavy (non-hydrogen) atoms. The molecule has 1 N–H and O–H groups in total. The fourth-order valence-electron chi connectivity index (χ4n) is 2.02. The van der Waals surface area contributed by atoms with E-state index in [1.54, 1.807) is 0 Å². The normalized spacial score (nSPS) is 27.6. The molecule has 0 bridgehead atoms. The van der Waals surface area contributed by atoms with Crippen molar-refractivity contribution in [2.75, 3.05) is 0 Å². The third kappa shape index (κ3) is 1.90. The lowest BCUT2D eigenvalue weighted by atomic mass is 9.85. The smallest absolute Gasteiger partial charge is 0.234 e. The van der Waals surface area contributed by atoms with Gasteiger partial charge in [-0.3, -0.25) is 4.98 Å². The van der Waals surface area contributed by atoms with Crippen LogP contribution in [0.4, 0.5) is 4.39 Å². The summed E-state index contributed by atoms with van der Waals surface area (Å²) in [7, 11) is 0. The molecule has 0 radical (unpaired) electrons. The quantitative estimate of drug-likeness (QED) is 0.742. The highest BCUT2D eigenvalue weighted by Gasteiger charge is 2.25. The topological polar surface area (TPSA) is 46.0 Å². The van der Waals surface area contributed by atoms with Gasteiger partial charge < -0.3 is 5.11 Å². The van der Waals surface area contributed by atoms with Crippen LogP contribution in [0.3, 0.4) is 0 Å². The maximum absolute atomic E-state index is 13.2. The average molecular weight is 196 g/mol. The maximum Gasteiger partial charge on any atom is 0.234 e. The predicted octanol–water partition coefficient (Wildman–Crippen LogP) is 1.63. The lowest BCUT2D eigenvalue weighted by molar-refractivity contribution is 0.117. The van der Waals surface area contributed by atoms with Crippen LogP contribution >= 0.6 is 0 Å². The van der Waals surface area contributed by atoms with Crippen LogP contribution in [0.25, 0.3) is 0 Å². The largest absolute Gasteiger partial charge is 0.393 e. The molecule has 0 saturated heterocycles. The Labute approximate surface area is 82.0 Å². The van der Waals surface area contributed by atoms with Gasteiger partial charge in [0.05, 0.1) is 11.8 Å². The summed E-state index contributed by atoms with van der Waals surface area (Å²) in [5.74, 6) is -0.459. The summed E-state index contributed by atoms with van der Waals surface area (Å²) in [6, 6.07) is 0. The molecule has 76 valence electrons. The van der Waals surface area contributed by atoms with Gasteiger partial charge in [-0.1, -0.05) is 6.42 Å². The van der Waals surface area contributed by atoms with Crippen molar-refractivity contribution in [3.05, 3.63) is 24.0 Å². The van der Waals surface area contributed by atoms with Crippen LogP contribution in [0, 0.1) is 5.95 Å². The molecule has 1 heterocycles. The highest BCUT2D eigenvalue weighted by atomic mass is 19.1. The molecule has 0 aliphatic heterocycles. The number of nitrogens with zero attached hydrogens (tertiary/aromatic N) is 2. The molecule has 1 saturated carbocycles. The molecule has 4 heteroatoms. The zero-order valence-corrected chi connectivity index (χ0v) is 7.86. The summed E-state index contributed by atoms with van der Waals surface area (Å²) in [6.45, 7) is 0. The second kappa shape index (κ2) is 4.00. The van der Waals surface area contributed by atoms with Crippen LogP contribution in [0.2, 0.25) is 0 Å². The minimum absolute atomic E-state index is 0.0347. The summed E-state index contributed by atoms with van der Waals surface area (Å²) < 4.78 is 13.2. The molecule has 0 amide bonds. The minimum atomic E-state index is -0.494. The molecule has 1 fully saturated rings. The predicted molar refractivity (Wildman–Crippen MR) is 49.2 cm³/mol. The molecule has 1 aromatic rings. The molecule has 2 rings (SSSR count). The van der Waals surface area contributed by atoms with Crippen molar-refractivity contribution in [3.8, 4) is 0 Å². The molecular weight excluding hydrogens is 183 g/mol. The highest BCUT2D eigenvalue weighted by Crippen LogP contribution is 2.32. The van der Waals surface area contributed by atoms with Gasteiger partial charge >= 0.3 is 0 Å². The van der Waals surface area contributed by atoms with E-state index < -0.39 is 5.95 Å². The monoisotopic (exact) mass is 196 g/mol. The van der Waals surface area contributed by atoms with Crippen LogP contribution in [0.15, 0.2) is 12.4 Å². The van der Waals surface area contributed by atoms with Crippen molar-refractivity contribution in [2.24, 2.45) is 0 Å². The van der Waals surface area contributed by atoms with Crippen molar-refractivity contribution in [1.29, 1.82) is 0 Å². The third-order valence-electron chi connectivity index (χ3n) is 2.71. The van der Waals surface area contributed by atoms with Gasteiger partial charge in [-0.2, -0.15) is 4.39 Å². The van der Waals surface area contributed by atoms with Gasteiger partial charge in [-0.05, 0) is 19.3 Å². The van der Waals surface area contributed by atoms with Crippen LogP contribution < -0.4 is 0 Å². The summed E-state index contributed by atoms with van der Waals surface area (Å²) in [5.41, 5.74) is 0.409. The van der Waals surface area contributed by atoms with Gasteiger partial charge in [0.2, 0.25) is 5.95 Å². The molecule has 1 aliphatic carbocycles. The molecule has 3 nitrogen and oxygen atoms in total. The first-order valence-electron chi connectivity index (χ1n) is 4.92. The summed E-state index contributed by atoms with van der Waals surface area (Å²) >= 11 is 0. The summed E-state index contributed by atoms with van der Waals surface area (Å²) in [6.07, 6.45) is 5.79. The van der Waals surface area contributed by atoms with Crippen LogP contribution in [-0.4, -0.2) is 21.2 Å². The number of aliphatic hydroxyl groups excluding tert-OH is 1. The number of aromatic nitrogens is 2. The molecule has 1 aliphatic rings. The van der Waals surface area contributed by atoms with Crippen LogP contribution in [-0.2, 0) is 0 Å². The molecule has 0 spiro atoms. The lowest BCUT2D eigenvalue weighted by Gasteiger charge is -2.25. The first-order chi connectivity index (χ1) is 6.77. The zero-order chi connectivity index (χ0) is 9.97. The van der Waals surface area contributed by atoms with E-state index in [2.05, 4.69) is 9.97 Å². The fraction of sp³-hybridized carbons (Fsp3) is 0.600. The van der Waals surface area contributed by atoms with Gasteiger partial charge in [0, 0.05) is 18.3 Å². The standard InChI is InChI=1S/C10H13FN2O/c11-10-9(12-4-5-13-10)7-2-1-3-8(14)6-7/h4-5,7-8,14H,1-3,6H2/t7?,8-/m0/s1. The SMILES string of the molecule is O[C@H]1CCCC(c2nccnc2F)C1. The fourth-order valence-corrected chi connectivity index (χ4v) is 2.02. The first-order valence-corrected chi connectivity index (χ1v) is 4.92. The molecule has 1 unspecified atom stereocenters. The molecular formula is C10H13FN2O. The van der Waals surface area contributed by atoms with Crippen molar-refractivity contribution >= 4 is 0 Å². The van der Waals surface area contributed by atoms with Crippen molar-refractivity contribution < 1.29 is 9.50 Å². The van der Waals surface area contributed by atoms with E-state index in [-0.39, 0.29) is 12.0 Å². The number of aliphatic hydroxyl groups is 1. The van der Waals surface area contributed by atoms with E-state index in [1.165, 1.54) is 12.4 Å². The van der Waals surface area contributed by atoms with Crippen LogP contribution in [0.1, 0.15) is 37.3 Å². The third-order valence-corrected chi connectivity index (χ3v) is 2.71. The number of halogens is 1. The Bertz CT molecular complexity index is 319. The number of rotatable bonds is 1. The van der Waals surface area contributed by atoms with E-state index in [9.17, 15) is 9.50 Å². The van der Waals surface area contributed by atoms with Crippen molar-refractivity contribution in [1.82, 2.24) is 9.97 Å². The zero-order valence-electron chi connectivity index (χ0n) is 7.86. The number of hydrogen-bond donors (Lipinski definition) is 1. The Morgan fingerprint density at radius 2 is 2.07 bits per heavy atom. The van der Waals surface area contributed by atoms with E-state index in [4.69, 9.17) is 0 Å². The summed E-state index contributed by atoms with van der Waals surface area (Å²) in [5, 5.41) is 9.46. The molecule has 2 atom stereocenters. The Kier molecular flexibility index (Phi) is 2.72. The van der Waals surface area contributed by atoms with E-state index in [0.717, 1.165) is 19.3 Å². The average Bonchev–Trinajstić information content (AvgIpc) is 2.18. The maximum atomic E-state index is 13.2. The van der Waals surface area contributed by atoms with Crippen LogP contribution in [0.5, 0.6) is 0 Å². The minimum Gasteiger partial charge on any atom is -0.393 e. The Morgan fingerprint density at radius 1 is 1.29 bits per heavy atom. The van der Waals surface area contributed by atoms with E-state index in [0.29, 0.717) is 12.1 Å². The lowest BCUT2D eigenvalue weighted by Crippen LogP contribution is -2.20. The van der Waals surface area contributed by atoms with Gasteiger partial charge in [-0.15, -0.1) is 0 Å². The Balaban J connectivity index is 2.18. The second-order valence-corrected chi connectivity index (χ2v) is 3.75. The Hall–Kier alpha value is -1.03. The van der Waals surface area contributed by atoms with Crippen molar-refractivity contribution in [3.63, 3.8) is 0 Å². The molecule has 0 aromatic carbocycles. The van der Waals surface area contributed by atoms with Gasteiger partial charge in [0.15, 0.2) is 0 Å². The van der Waals surface area contributed by atoms with Gasteiger partial charge in [0.25, 0.3) is 0 Å².